The Morgan fingerprint density at radius 3 is 2.58 bits per heavy atom. The summed E-state index contributed by atoms with van der Waals surface area (Å²) in [5.74, 6) is -3.66. The lowest BCUT2D eigenvalue weighted by molar-refractivity contribution is 0.190. The van der Waals surface area contributed by atoms with E-state index in [2.05, 4.69) is 15.3 Å². The number of H-pyrrole nitrogens is 1. The monoisotopic (exact) mass is 342 g/mol. The van der Waals surface area contributed by atoms with Gasteiger partial charge >= 0.3 is 6.03 Å². The van der Waals surface area contributed by atoms with Gasteiger partial charge in [-0.3, -0.25) is 5.32 Å². The SMILES string of the molecule is CCCN(CCOc1c(F)cc(F)cc1F)C(=O)Nc1ncc[nH]1. The minimum atomic E-state index is -1.13. The number of nitrogens with zero attached hydrogens (tertiary/aromatic N) is 2. The van der Waals surface area contributed by atoms with Crippen molar-refractivity contribution >= 4 is 12.0 Å². The molecule has 24 heavy (non-hydrogen) atoms. The van der Waals surface area contributed by atoms with Crippen molar-refractivity contribution < 1.29 is 22.7 Å². The van der Waals surface area contributed by atoms with Crippen molar-refractivity contribution in [2.24, 2.45) is 0 Å². The number of nitrogens with one attached hydrogen (secondary N) is 2. The third-order valence-electron chi connectivity index (χ3n) is 3.07. The van der Waals surface area contributed by atoms with E-state index in [9.17, 15) is 18.0 Å². The van der Waals surface area contributed by atoms with Crippen LogP contribution in [0.4, 0.5) is 23.9 Å². The standard InChI is InChI=1S/C15H17F3N4O2/c1-2-5-22(15(23)21-14-19-3-4-20-14)6-7-24-13-11(17)8-10(16)9-12(13)18/h3-4,8-9H,2,5-7H2,1H3,(H2,19,20,21,23). The molecule has 0 aliphatic heterocycles. The van der Waals surface area contributed by atoms with Crippen molar-refractivity contribution in [1.29, 1.82) is 0 Å². The lowest BCUT2D eigenvalue weighted by Gasteiger charge is -2.22. The highest BCUT2D eigenvalue weighted by Gasteiger charge is 2.16. The number of imidazole rings is 1. The maximum absolute atomic E-state index is 13.5. The third kappa shape index (κ3) is 4.64. The number of halogens is 3. The Morgan fingerprint density at radius 1 is 1.29 bits per heavy atom. The van der Waals surface area contributed by atoms with Crippen molar-refractivity contribution in [3.8, 4) is 5.75 Å². The summed E-state index contributed by atoms with van der Waals surface area (Å²) < 4.78 is 44.8. The molecule has 0 aliphatic carbocycles. The van der Waals surface area contributed by atoms with E-state index in [1.165, 1.54) is 11.1 Å². The smallest absolute Gasteiger partial charge is 0.324 e. The first-order valence-corrected chi connectivity index (χ1v) is 7.34. The second-order valence-corrected chi connectivity index (χ2v) is 4.90. The van der Waals surface area contributed by atoms with Gasteiger partial charge in [0.1, 0.15) is 12.4 Å². The van der Waals surface area contributed by atoms with Gasteiger partial charge in [0.2, 0.25) is 5.95 Å². The molecular formula is C15H17F3N4O2. The summed E-state index contributed by atoms with van der Waals surface area (Å²) in [6, 6.07) is 0.646. The predicted octanol–water partition coefficient (Wildman–Crippen LogP) is 3.15. The van der Waals surface area contributed by atoms with Crippen molar-refractivity contribution in [2.75, 3.05) is 25.0 Å². The zero-order valence-electron chi connectivity index (χ0n) is 13.0. The number of hydrogen-bond donors (Lipinski definition) is 2. The number of carbonyl (C=O) groups is 1. The second-order valence-electron chi connectivity index (χ2n) is 4.90. The van der Waals surface area contributed by atoms with Gasteiger partial charge in [0.05, 0.1) is 6.54 Å². The summed E-state index contributed by atoms with van der Waals surface area (Å²) in [6.07, 6.45) is 3.73. The predicted molar refractivity (Wildman–Crippen MR) is 81.3 cm³/mol. The normalized spacial score (nSPS) is 10.5. The Hall–Kier alpha value is -2.71. The molecule has 0 fully saturated rings. The van der Waals surface area contributed by atoms with Crippen LogP contribution in [-0.2, 0) is 0 Å². The number of benzene rings is 1. The van der Waals surface area contributed by atoms with E-state index in [0.717, 1.165) is 0 Å². The number of aromatic amines is 1. The maximum atomic E-state index is 13.5. The molecule has 2 amide bonds. The highest BCUT2D eigenvalue weighted by molar-refractivity contribution is 5.87. The van der Waals surface area contributed by atoms with Gasteiger partial charge in [-0.15, -0.1) is 0 Å². The fourth-order valence-corrected chi connectivity index (χ4v) is 2.02. The lowest BCUT2D eigenvalue weighted by atomic mass is 10.3. The average Bonchev–Trinajstić information content (AvgIpc) is 3.01. The number of urea groups is 1. The summed E-state index contributed by atoms with van der Waals surface area (Å²) in [5, 5.41) is 2.55. The van der Waals surface area contributed by atoms with Crippen LogP contribution in [-0.4, -0.2) is 40.6 Å². The highest BCUT2D eigenvalue weighted by Crippen LogP contribution is 2.22. The zero-order valence-corrected chi connectivity index (χ0v) is 13.0. The Bertz CT molecular complexity index is 656. The molecule has 0 saturated heterocycles. The summed E-state index contributed by atoms with van der Waals surface area (Å²) >= 11 is 0. The van der Waals surface area contributed by atoms with Gasteiger partial charge in [0.15, 0.2) is 17.4 Å². The minimum absolute atomic E-state index is 0.0939. The van der Waals surface area contributed by atoms with Crippen molar-refractivity contribution in [1.82, 2.24) is 14.9 Å². The van der Waals surface area contributed by atoms with Gasteiger partial charge in [-0.2, -0.15) is 0 Å². The Kier molecular flexibility index (Phi) is 6.05. The first-order chi connectivity index (χ1) is 11.5. The zero-order chi connectivity index (χ0) is 17.5. The number of amides is 2. The molecule has 2 rings (SSSR count). The van der Waals surface area contributed by atoms with E-state index < -0.39 is 29.2 Å². The number of anilines is 1. The van der Waals surface area contributed by atoms with Gasteiger partial charge in [-0.05, 0) is 6.42 Å². The topological polar surface area (TPSA) is 70.2 Å². The third-order valence-corrected chi connectivity index (χ3v) is 3.07. The molecule has 6 nitrogen and oxygen atoms in total. The van der Waals surface area contributed by atoms with Crippen LogP contribution in [0, 0.1) is 17.5 Å². The molecule has 0 aliphatic rings. The van der Waals surface area contributed by atoms with Crippen LogP contribution >= 0.6 is 0 Å². The van der Waals surface area contributed by atoms with E-state index in [4.69, 9.17) is 4.74 Å². The number of hydrogen-bond acceptors (Lipinski definition) is 3. The molecule has 1 heterocycles. The van der Waals surface area contributed by atoms with Crippen molar-refractivity contribution in [2.45, 2.75) is 13.3 Å². The molecule has 0 atom stereocenters. The van der Waals surface area contributed by atoms with Gasteiger partial charge in [0.25, 0.3) is 0 Å². The van der Waals surface area contributed by atoms with Gasteiger partial charge in [-0.1, -0.05) is 6.92 Å². The Morgan fingerprint density at radius 2 is 2.00 bits per heavy atom. The minimum Gasteiger partial charge on any atom is -0.486 e. The molecule has 9 heteroatoms. The molecule has 0 radical (unpaired) electrons. The number of aromatic nitrogens is 2. The van der Waals surface area contributed by atoms with Crippen LogP contribution in [0.5, 0.6) is 5.75 Å². The Labute approximate surface area is 136 Å². The second kappa shape index (κ2) is 8.23. The first kappa shape index (κ1) is 17.6. The largest absolute Gasteiger partial charge is 0.486 e. The van der Waals surface area contributed by atoms with E-state index >= 15 is 0 Å². The molecule has 0 unspecified atom stereocenters. The fourth-order valence-electron chi connectivity index (χ4n) is 2.02. The van der Waals surface area contributed by atoms with E-state index in [1.807, 2.05) is 6.92 Å². The molecule has 0 saturated carbocycles. The number of rotatable bonds is 7. The van der Waals surface area contributed by atoms with E-state index in [-0.39, 0.29) is 19.1 Å². The molecule has 0 spiro atoms. The average molecular weight is 342 g/mol. The maximum Gasteiger partial charge on any atom is 0.324 e. The summed E-state index contributed by atoms with van der Waals surface area (Å²) in [5.41, 5.74) is 0. The molecule has 0 bridgehead atoms. The van der Waals surface area contributed by atoms with Crippen LogP contribution in [0.15, 0.2) is 24.5 Å². The van der Waals surface area contributed by atoms with Crippen LogP contribution in [0.1, 0.15) is 13.3 Å². The quantitative estimate of drug-likeness (QED) is 0.812. The highest BCUT2D eigenvalue weighted by atomic mass is 19.1. The molecule has 2 aromatic rings. The van der Waals surface area contributed by atoms with Crippen molar-refractivity contribution in [3.63, 3.8) is 0 Å². The summed E-state index contributed by atoms with van der Waals surface area (Å²) in [4.78, 5) is 20.2. The van der Waals surface area contributed by atoms with Gasteiger partial charge in [-0.25, -0.2) is 22.9 Å². The number of ether oxygens (including phenoxy) is 1. The van der Waals surface area contributed by atoms with Crippen LogP contribution in [0.25, 0.3) is 0 Å². The van der Waals surface area contributed by atoms with Gasteiger partial charge < -0.3 is 14.6 Å². The van der Waals surface area contributed by atoms with Gasteiger partial charge in [0, 0.05) is 31.1 Å². The molecule has 130 valence electrons. The Balaban J connectivity index is 1.93. The molecule has 1 aromatic heterocycles. The summed E-state index contributed by atoms with van der Waals surface area (Å²) in [7, 11) is 0. The first-order valence-electron chi connectivity index (χ1n) is 7.34. The molecule has 1 aromatic carbocycles. The molecular weight excluding hydrogens is 325 g/mol. The lowest BCUT2D eigenvalue weighted by Crippen LogP contribution is -2.38. The fraction of sp³-hybridized carbons (Fsp3) is 0.333. The summed E-state index contributed by atoms with van der Waals surface area (Å²) in [6.45, 7) is 2.25. The van der Waals surface area contributed by atoms with Crippen molar-refractivity contribution in [3.05, 3.63) is 42.0 Å². The van der Waals surface area contributed by atoms with Crippen LogP contribution < -0.4 is 10.1 Å². The molecule has 2 N–H and O–H groups in total. The van der Waals surface area contributed by atoms with Crippen LogP contribution in [0.3, 0.4) is 0 Å². The van der Waals surface area contributed by atoms with E-state index in [1.54, 1.807) is 6.20 Å². The number of carbonyl (C=O) groups excluding carboxylic acids is 1. The van der Waals surface area contributed by atoms with E-state index in [0.29, 0.717) is 25.1 Å². The van der Waals surface area contributed by atoms with Crippen LogP contribution in [0.2, 0.25) is 0 Å².